The van der Waals surface area contributed by atoms with Crippen molar-refractivity contribution in [2.24, 2.45) is 0 Å². The minimum atomic E-state index is 0.0491. The van der Waals surface area contributed by atoms with Crippen LogP contribution in [-0.4, -0.2) is 20.1 Å². The van der Waals surface area contributed by atoms with E-state index in [9.17, 15) is 5.11 Å². The van der Waals surface area contributed by atoms with Crippen molar-refractivity contribution in [1.82, 2.24) is 15.0 Å². The lowest BCUT2D eigenvalue weighted by molar-refractivity contribution is 0.445. The van der Waals surface area contributed by atoms with Crippen molar-refractivity contribution in [2.45, 2.75) is 19.8 Å². The molecule has 2 heterocycles. The molecule has 4 nitrogen and oxygen atoms in total. The Labute approximate surface area is 81.7 Å². The van der Waals surface area contributed by atoms with Crippen LogP contribution in [0.4, 0.5) is 0 Å². The largest absolute Gasteiger partial charge is 0.493 e. The Kier molecular flexibility index (Phi) is 2.04. The molecule has 0 amide bonds. The maximum absolute atomic E-state index is 9.60. The van der Waals surface area contributed by atoms with Crippen molar-refractivity contribution in [3.8, 4) is 5.88 Å². The summed E-state index contributed by atoms with van der Waals surface area (Å²) in [5, 5.41) is 9.60. The highest BCUT2D eigenvalue weighted by Gasteiger charge is 2.09. The van der Waals surface area contributed by atoms with Gasteiger partial charge in [0, 0.05) is 18.0 Å². The molecule has 1 N–H and O–H groups in total. The highest BCUT2D eigenvalue weighted by atomic mass is 16.3. The summed E-state index contributed by atoms with van der Waals surface area (Å²) in [6, 6.07) is 1.83. The van der Waals surface area contributed by atoms with Crippen LogP contribution in [0.25, 0.3) is 11.2 Å². The van der Waals surface area contributed by atoms with Crippen LogP contribution in [-0.2, 0) is 0 Å². The molecule has 0 bridgehead atoms. The van der Waals surface area contributed by atoms with Crippen LogP contribution in [0.2, 0.25) is 0 Å². The lowest BCUT2D eigenvalue weighted by Crippen LogP contribution is -1.94. The van der Waals surface area contributed by atoms with Gasteiger partial charge in [-0.25, -0.2) is 4.98 Å². The van der Waals surface area contributed by atoms with Crippen molar-refractivity contribution >= 4 is 11.2 Å². The fraction of sp³-hybridized carbons (Fsp3) is 0.300. The van der Waals surface area contributed by atoms with E-state index in [0.717, 1.165) is 5.56 Å². The van der Waals surface area contributed by atoms with E-state index in [0.29, 0.717) is 11.2 Å². The number of aromatic hydroxyl groups is 1. The average molecular weight is 189 g/mol. The molecule has 4 heteroatoms. The second-order valence-electron chi connectivity index (χ2n) is 3.45. The predicted octanol–water partition coefficient (Wildman–Crippen LogP) is 1.85. The van der Waals surface area contributed by atoms with E-state index in [2.05, 4.69) is 15.0 Å². The lowest BCUT2D eigenvalue weighted by atomic mass is 10.1. The smallest absolute Gasteiger partial charge is 0.216 e. The Balaban J connectivity index is 2.71. The lowest BCUT2D eigenvalue weighted by Gasteiger charge is -2.07. The van der Waals surface area contributed by atoms with E-state index >= 15 is 0 Å². The molecule has 0 aliphatic carbocycles. The van der Waals surface area contributed by atoms with Gasteiger partial charge in [0.1, 0.15) is 5.52 Å². The van der Waals surface area contributed by atoms with Crippen molar-refractivity contribution in [1.29, 1.82) is 0 Å². The van der Waals surface area contributed by atoms with Gasteiger partial charge in [-0.15, -0.1) is 0 Å². The van der Waals surface area contributed by atoms with E-state index in [-0.39, 0.29) is 11.8 Å². The van der Waals surface area contributed by atoms with Gasteiger partial charge in [0.25, 0.3) is 0 Å². The second-order valence-corrected chi connectivity index (χ2v) is 3.45. The van der Waals surface area contributed by atoms with Crippen LogP contribution in [0.3, 0.4) is 0 Å². The quantitative estimate of drug-likeness (QED) is 0.743. The highest BCUT2D eigenvalue weighted by molar-refractivity contribution is 5.71. The molecular formula is C10H11N3O. The summed E-state index contributed by atoms with van der Waals surface area (Å²) in [6.45, 7) is 4.00. The summed E-state index contributed by atoms with van der Waals surface area (Å²) in [6.07, 6.45) is 3.18. The Morgan fingerprint density at radius 1 is 1.21 bits per heavy atom. The average Bonchev–Trinajstić information content (AvgIpc) is 2.16. The molecule has 2 rings (SSSR count). The molecule has 0 saturated carbocycles. The van der Waals surface area contributed by atoms with Gasteiger partial charge in [-0.3, -0.25) is 4.98 Å². The topological polar surface area (TPSA) is 58.9 Å². The molecule has 0 radical (unpaired) electrons. The zero-order valence-electron chi connectivity index (χ0n) is 8.10. The fourth-order valence-corrected chi connectivity index (χ4v) is 1.33. The number of hydrogen-bond acceptors (Lipinski definition) is 4. The van der Waals surface area contributed by atoms with Crippen molar-refractivity contribution in [2.75, 3.05) is 0 Å². The number of aromatic nitrogens is 3. The van der Waals surface area contributed by atoms with Crippen LogP contribution in [0.5, 0.6) is 5.88 Å². The van der Waals surface area contributed by atoms with Crippen LogP contribution in [0, 0.1) is 0 Å². The van der Waals surface area contributed by atoms with Gasteiger partial charge in [0.2, 0.25) is 5.88 Å². The van der Waals surface area contributed by atoms with E-state index in [4.69, 9.17) is 0 Å². The molecule has 0 aromatic carbocycles. The molecular weight excluding hydrogens is 178 g/mol. The van der Waals surface area contributed by atoms with Crippen LogP contribution in [0.15, 0.2) is 18.5 Å². The van der Waals surface area contributed by atoms with Gasteiger partial charge in [-0.2, -0.15) is 4.98 Å². The Morgan fingerprint density at radius 3 is 2.64 bits per heavy atom. The van der Waals surface area contributed by atoms with E-state index in [1.54, 1.807) is 12.4 Å². The second kappa shape index (κ2) is 3.21. The van der Waals surface area contributed by atoms with Crippen molar-refractivity contribution < 1.29 is 5.11 Å². The summed E-state index contributed by atoms with van der Waals surface area (Å²) in [5.41, 5.74) is 2.00. The van der Waals surface area contributed by atoms with Crippen LogP contribution >= 0.6 is 0 Å². The molecule has 2 aromatic heterocycles. The molecule has 72 valence electrons. The molecule has 0 aliphatic heterocycles. The van der Waals surface area contributed by atoms with Gasteiger partial charge in [-0.05, 0) is 12.0 Å². The first-order valence-corrected chi connectivity index (χ1v) is 4.49. The number of rotatable bonds is 1. The van der Waals surface area contributed by atoms with Gasteiger partial charge in [0.05, 0.1) is 0 Å². The highest BCUT2D eigenvalue weighted by Crippen LogP contribution is 2.25. The van der Waals surface area contributed by atoms with Crippen molar-refractivity contribution in [3.63, 3.8) is 0 Å². The molecule has 14 heavy (non-hydrogen) atoms. The normalized spacial score (nSPS) is 11.1. The third kappa shape index (κ3) is 1.39. The third-order valence-electron chi connectivity index (χ3n) is 2.09. The zero-order valence-corrected chi connectivity index (χ0v) is 8.10. The maximum atomic E-state index is 9.60. The summed E-state index contributed by atoms with van der Waals surface area (Å²) >= 11 is 0. The number of pyridine rings is 1. The summed E-state index contributed by atoms with van der Waals surface area (Å²) in [7, 11) is 0. The zero-order chi connectivity index (χ0) is 10.1. The summed E-state index contributed by atoms with van der Waals surface area (Å²) in [4.78, 5) is 12.1. The first-order valence-electron chi connectivity index (χ1n) is 4.49. The van der Waals surface area contributed by atoms with Gasteiger partial charge < -0.3 is 5.11 Å². The molecule has 0 spiro atoms. The molecule has 0 saturated heterocycles. The predicted molar refractivity (Wildman–Crippen MR) is 53.1 cm³/mol. The molecule has 0 unspecified atom stereocenters. The fourth-order valence-electron chi connectivity index (χ4n) is 1.33. The van der Waals surface area contributed by atoms with E-state index < -0.39 is 0 Å². The Bertz CT molecular complexity index is 468. The standard InChI is InChI=1S/C10H11N3O/c1-6(2)7-5-8-9(13-10(7)14)12-4-3-11-8/h3-6H,1-2H3,(H,12,13,14). The van der Waals surface area contributed by atoms with Crippen molar-refractivity contribution in [3.05, 3.63) is 24.0 Å². The summed E-state index contributed by atoms with van der Waals surface area (Å²) < 4.78 is 0. The minimum Gasteiger partial charge on any atom is -0.493 e. The molecule has 2 aromatic rings. The van der Waals surface area contributed by atoms with Gasteiger partial charge >= 0.3 is 0 Å². The molecule has 0 aliphatic rings. The van der Waals surface area contributed by atoms with E-state index in [1.165, 1.54) is 0 Å². The molecule has 0 atom stereocenters. The summed E-state index contributed by atoms with van der Waals surface area (Å²) in [5.74, 6) is 0.280. The Morgan fingerprint density at radius 2 is 1.93 bits per heavy atom. The number of hydrogen-bond donors (Lipinski definition) is 1. The minimum absolute atomic E-state index is 0.0491. The monoisotopic (exact) mass is 189 g/mol. The first-order chi connectivity index (χ1) is 6.68. The Hall–Kier alpha value is -1.71. The first kappa shape index (κ1) is 8.87. The maximum Gasteiger partial charge on any atom is 0.216 e. The SMILES string of the molecule is CC(C)c1cc2nccnc2nc1O. The van der Waals surface area contributed by atoms with Crippen LogP contribution < -0.4 is 0 Å². The number of fused-ring (bicyclic) bond motifs is 1. The molecule has 0 fully saturated rings. The van der Waals surface area contributed by atoms with E-state index in [1.807, 2.05) is 19.9 Å². The van der Waals surface area contributed by atoms with Gasteiger partial charge in [-0.1, -0.05) is 13.8 Å². The third-order valence-corrected chi connectivity index (χ3v) is 2.09. The van der Waals surface area contributed by atoms with Crippen LogP contribution in [0.1, 0.15) is 25.3 Å². The number of nitrogens with zero attached hydrogens (tertiary/aromatic N) is 3. The van der Waals surface area contributed by atoms with Gasteiger partial charge in [0.15, 0.2) is 5.65 Å².